The minimum absolute atomic E-state index is 0.0594. The Morgan fingerprint density at radius 1 is 1.54 bits per heavy atom. The van der Waals surface area contributed by atoms with Crippen molar-refractivity contribution in [1.82, 2.24) is 5.32 Å². The molecule has 1 rings (SSSR count). The Morgan fingerprint density at radius 3 is 2.54 bits per heavy atom. The molecule has 0 aromatic rings. The van der Waals surface area contributed by atoms with Crippen molar-refractivity contribution in [2.45, 2.75) is 19.1 Å². The molecule has 1 amide bonds. The van der Waals surface area contributed by atoms with E-state index < -0.39 is 18.1 Å². The van der Waals surface area contributed by atoms with Crippen LogP contribution in [-0.4, -0.2) is 37.9 Å². The lowest BCUT2D eigenvalue weighted by atomic mass is 10.3. The van der Waals surface area contributed by atoms with Gasteiger partial charge in [0.25, 0.3) is 5.91 Å². The van der Waals surface area contributed by atoms with Crippen molar-refractivity contribution in [2.24, 2.45) is 0 Å². The van der Waals surface area contributed by atoms with E-state index in [2.05, 4.69) is 0 Å². The van der Waals surface area contributed by atoms with E-state index in [1.165, 1.54) is 0 Å². The van der Waals surface area contributed by atoms with Gasteiger partial charge >= 0.3 is 6.43 Å². The maximum absolute atomic E-state index is 11.7. The molecule has 0 aromatic heterocycles. The molecular formula is C7H11F2NO3. The molecule has 1 aliphatic rings. The molecule has 76 valence electrons. The second-order valence-electron chi connectivity index (χ2n) is 2.85. The maximum Gasteiger partial charge on any atom is 0.315 e. The zero-order valence-electron chi connectivity index (χ0n) is 7.18. The molecule has 0 spiro atoms. The van der Waals surface area contributed by atoms with Crippen molar-refractivity contribution in [1.29, 1.82) is 0 Å². The fourth-order valence-electron chi connectivity index (χ4n) is 0.984. The lowest BCUT2D eigenvalue weighted by molar-refractivity contribution is -0.150. The summed E-state index contributed by atoms with van der Waals surface area (Å²) in [7, 11) is 0. The Balaban J connectivity index is 2.29. The molecule has 4 nitrogen and oxygen atoms in total. The number of amides is 1. The molecule has 1 N–H and O–H groups in total. The monoisotopic (exact) mass is 195 g/mol. The number of carbonyl (C=O) groups is 1. The highest BCUT2D eigenvalue weighted by Crippen LogP contribution is 2.16. The summed E-state index contributed by atoms with van der Waals surface area (Å²) in [5.41, 5.74) is 0. The lowest BCUT2D eigenvalue weighted by Crippen LogP contribution is -2.43. The van der Waals surface area contributed by atoms with Crippen LogP contribution in [0.1, 0.15) is 6.92 Å². The van der Waals surface area contributed by atoms with Gasteiger partial charge in [-0.3, -0.25) is 4.79 Å². The molecule has 1 heterocycles. The summed E-state index contributed by atoms with van der Waals surface area (Å²) in [5, 5.41) is 2.03. The molecular weight excluding hydrogens is 184 g/mol. The van der Waals surface area contributed by atoms with Crippen LogP contribution < -0.4 is 5.32 Å². The summed E-state index contributed by atoms with van der Waals surface area (Å²) in [5.74, 6) is -2.26. The standard InChI is InChI=1S/C7H11F2NO3/c1-7(12-2-3-13-7)4-10-6(11)5(8)9/h5H,2-4H2,1H3,(H,10,11). The van der Waals surface area contributed by atoms with E-state index in [4.69, 9.17) is 9.47 Å². The van der Waals surface area contributed by atoms with Crippen LogP contribution in [0.2, 0.25) is 0 Å². The molecule has 0 aliphatic carbocycles. The number of alkyl halides is 2. The molecule has 1 fully saturated rings. The fourth-order valence-corrected chi connectivity index (χ4v) is 0.984. The minimum atomic E-state index is -3.00. The van der Waals surface area contributed by atoms with Crippen molar-refractivity contribution in [3.05, 3.63) is 0 Å². The van der Waals surface area contributed by atoms with Gasteiger partial charge in [-0.1, -0.05) is 0 Å². The van der Waals surface area contributed by atoms with Gasteiger partial charge in [0.05, 0.1) is 19.8 Å². The van der Waals surface area contributed by atoms with E-state index >= 15 is 0 Å². The van der Waals surface area contributed by atoms with Crippen LogP contribution in [-0.2, 0) is 14.3 Å². The van der Waals surface area contributed by atoms with Crippen LogP contribution in [0.15, 0.2) is 0 Å². The van der Waals surface area contributed by atoms with Crippen LogP contribution >= 0.6 is 0 Å². The fraction of sp³-hybridized carbons (Fsp3) is 0.857. The third-order valence-corrected chi connectivity index (χ3v) is 1.68. The first-order chi connectivity index (χ1) is 6.03. The Labute approximate surface area is 74.2 Å². The average Bonchev–Trinajstić information content (AvgIpc) is 2.48. The molecule has 0 saturated carbocycles. The quantitative estimate of drug-likeness (QED) is 0.696. The summed E-state index contributed by atoms with van der Waals surface area (Å²) >= 11 is 0. The molecule has 0 atom stereocenters. The predicted octanol–water partition coefficient (Wildman–Crippen LogP) is 0.131. The van der Waals surface area contributed by atoms with E-state index in [1.807, 2.05) is 5.32 Å². The van der Waals surface area contributed by atoms with E-state index in [0.29, 0.717) is 13.2 Å². The molecule has 0 unspecified atom stereocenters. The number of carbonyl (C=O) groups excluding carboxylic acids is 1. The molecule has 13 heavy (non-hydrogen) atoms. The first-order valence-electron chi connectivity index (χ1n) is 3.87. The number of halogens is 2. The summed E-state index contributed by atoms with van der Waals surface area (Å²) in [6.45, 7) is 2.37. The first kappa shape index (κ1) is 10.3. The SMILES string of the molecule is CC1(CNC(=O)C(F)F)OCCO1. The third kappa shape index (κ3) is 2.89. The smallest absolute Gasteiger partial charge is 0.315 e. The van der Waals surface area contributed by atoms with Crippen LogP contribution in [0.4, 0.5) is 8.78 Å². The van der Waals surface area contributed by atoms with Crippen LogP contribution in [0, 0.1) is 0 Å². The van der Waals surface area contributed by atoms with Gasteiger partial charge in [-0.25, -0.2) is 0 Å². The number of ether oxygens (including phenoxy) is 2. The lowest BCUT2D eigenvalue weighted by Gasteiger charge is -2.22. The molecule has 1 saturated heterocycles. The van der Waals surface area contributed by atoms with Gasteiger partial charge in [0.15, 0.2) is 5.79 Å². The van der Waals surface area contributed by atoms with E-state index in [1.54, 1.807) is 6.92 Å². The summed E-state index contributed by atoms with van der Waals surface area (Å²) in [4.78, 5) is 10.5. The van der Waals surface area contributed by atoms with Crippen molar-refractivity contribution in [2.75, 3.05) is 19.8 Å². The molecule has 1 aliphatic heterocycles. The summed E-state index contributed by atoms with van der Waals surface area (Å²) in [6.07, 6.45) is -3.00. The molecule has 0 bridgehead atoms. The average molecular weight is 195 g/mol. The normalized spacial score (nSPS) is 20.6. The summed E-state index contributed by atoms with van der Waals surface area (Å²) in [6, 6.07) is 0. The van der Waals surface area contributed by atoms with Crippen molar-refractivity contribution in [3.63, 3.8) is 0 Å². The number of rotatable bonds is 3. The zero-order valence-corrected chi connectivity index (χ0v) is 7.18. The van der Waals surface area contributed by atoms with Gasteiger partial charge in [0.1, 0.15) is 0 Å². The highest BCUT2D eigenvalue weighted by atomic mass is 19.3. The minimum Gasteiger partial charge on any atom is -0.346 e. The van der Waals surface area contributed by atoms with E-state index in [0.717, 1.165) is 0 Å². The largest absolute Gasteiger partial charge is 0.346 e. The highest BCUT2D eigenvalue weighted by Gasteiger charge is 2.32. The van der Waals surface area contributed by atoms with Crippen LogP contribution in [0.3, 0.4) is 0 Å². The van der Waals surface area contributed by atoms with Gasteiger partial charge in [-0.2, -0.15) is 8.78 Å². The zero-order chi connectivity index (χ0) is 9.90. The Kier molecular flexibility index (Phi) is 3.16. The topological polar surface area (TPSA) is 47.6 Å². The third-order valence-electron chi connectivity index (χ3n) is 1.68. The Bertz CT molecular complexity index is 192. The Morgan fingerprint density at radius 2 is 2.08 bits per heavy atom. The van der Waals surface area contributed by atoms with Crippen LogP contribution in [0.5, 0.6) is 0 Å². The van der Waals surface area contributed by atoms with Gasteiger partial charge in [-0.05, 0) is 6.92 Å². The highest BCUT2D eigenvalue weighted by molar-refractivity contribution is 5.79. The van der Waals surface area contributed by atoms with Gasteiger partial charge < -0.3 is 14.8 Å². The van der Waals surface area contributed by atoms with E-state index in [9.17, 15) is 13.6 Å². The maximum atomic E-state index is 11.7. The van der Waals surface area contributed by atoms with Crippen molar-refractivity contribution >= 4 is 5.91 Å². The van der Waals surface area contributed by atoms with Gasteiger partial charge in [0, 0.05) is 0 Å². The van der Waals surface area contributed by atoms with Gasteiger partial charge in [-0.15, -0.1) is 0 Å². The predicted molar refractivity (Wildman–Crippen MR) is 39.3 cm³/mol. The molecule has 0 aromatic carbocycles. The second-order valence-corrected chi connectivity index (χ2v) is 2.85. The number of hydrogen-bond acceptors (Lipinski definition) is 3. The second kappa shape index (κ2) is 3.97. The number of nitrogens with one attached hydrogen (secondary N) is 1. The first-order valence-corrected chi connectivity index (χ1v) is 3.87. The Hall–Kier alpha value is -0.750. The summed E-state index contributed by atoms with van der Waals surface area (Å²) < 4.78 is 33.6. The van der Waals surface area contributed by atoms with Crippen molar-refractivity contribution in [3.8, 4) is 0 Å². The van der Waals surface area contributed by atoms with Gasteiger partial charge in [0.2, 0.25) is 0 Å². The molecule has 0 radical (unpaired) electrons. The van der Waals surface area contributed by atoms with Crippen LogP contribution in [0.25, 0.3) is 0 Å². The van der Waals surface area contributed by atoms with Crippen molar-refractivity contribution < 1.29 is 23.0 Å². The van der Waals surface area contributed by atoms with E-state index in [-0.39, 0.29) is 6.54 Å². The molecule has 6 heteroatoms. The number of hydrogen-bond donors (Lipinski definition) is 1.